The van der Waals surface area contributed by atoms with E-state index in [0.717, 1.165) is 32.7 Å². The van der Waals surface area contributed by atoms with Crippen molar-refractivity contribution in [3.63, 3.8) is 0 Å². The molecule has 2 heteroatoms. The molecule has 4 aromatic carbocycles. The number of nitrogens with zero attached hydrogens (tertiary/aromatic N) is 2. The van der Waals surface area contributed by atoms with Gasteiger partial charge in [-0.15, -0.1) is 0 Å². The molecule has 0 bridgehead atoms. The third-order valence-electron chi connectivity index (χ3n) is 6.10. The predicted molar refractivity (Wildman–Crippen MR) is 139 cm³/mol. The molecule has 0 aliphatic heterocycles. The Morgan fingerprint density at radius 1 is 0.455 bits per heavy atom. The number of hydrogen-bond donors (Lipinski definition) is 0. The van der Waals surface area contributed by atoms with Crippen molar-refractivity contribution in [2.45, 2.75) is 39.1 Å². The lowest BCUT2D eigenvalue weighted by molar-refractivity contribution is 0.127. The molecule has 0 aliphatic carbocycles. The Morgan fingerprint density at radius 2 is 0.758 bits per heavy atom. The number of rotatable bonds is 11. The van der Waals surface area contributed by atoms with Gasteiger partial charge in [-0.1, -0.05) is 121 Å². The fourth-order valence-electron chi connectivity index (χ4n) is 4.36. The molecule has 1 atom stereocenters. The minimum Gasteiger partial charge on any atom is -0.293 e. The van der Waals surface area contributed by atoms with Crippen molar-refractivity contribution in [1.82, 2.24) is 9.80 Å². The van der Waals surface area contributed by atoms with Crippen LogP contribution in [0.2, 0.25) is 0 Å². The first kappa shape index (κ1) is 23.0. The summed E-state index contributed by atoms with van der Waals surface area (Å²) < 4.78 is 0. The summed E-state index contributed by atoms with van der Waals surface area (Å²) in [5, 5.41) is 0. The molecule has 0 N–H and O–H groups in total. The fourth-order valence-corrected chi connectivity index (χ4v) is 4.36. The Morgan fingerprint density at radius 3 is 1.09 bits per heavy atom. The summed E-state index contributed by atoms with van der Waals surface area (Å²) in [5.41, 5.74) is 5.44. The first-order valence-electron chi connectivity index (χ1n) is 11.9. The first-order chi connectivity index (χ1) is 16.3. The van der Waals surface area contributed by atoms with E-state index in [4.69, 9.17) is 0 Å². The van der Waals surface area contributed by atoms with Crippen molar-refractivity contribution in [3.05, 3.63) is 144 Å². The molecule has 0 heterocycles. The third-order valence-corrected chi connectivity index (χ3v) is 6.10. The van der Waals surface area contributed by atoms with Crippen LogP contribution in [-0.2, 0) is 26.2 Å². The minimum absolute atomic E-state index is 0.401. The van der Waals surface area contributed by atoms with E-state index in [0.29, 0.717) is 6.04 Å². The molecule has 0 fully saturated rings. The molecule has 2 nitrogen and oxygen atoms in total. The number of benzene rings is 4. The van der Waals surface area contributed by atoms with Crippen LogP contribution < -0.4 is 0 Å². The Kier molecular flexibility index (Phi) is 8.46. The van der Waals surface area contributed by atoms with Crippen LogP contribution in [0.15, 0.2) is 121 Å². The Labute approximate surface area is 199 Å². The lowest BCUT2D eigenvalue weighted by atomic mass is 10.1. The number of hydrogen-bond acceptors (Lipinski definition) is 2. The highest BCUT2D eigenvalue weighted by atomic mass is 15.2. The lowest BCUT2D eigenvalue weighted by Crippen LogP contribution is -2.41. The zero-order valence-electron chi connectivity index (χ0n) is 19.6. The predicted octanol–water partition coefficient (Wildman–Crippen LogP) is 6.78. The van der Waals surface area contributed by atoms with Gasteiger partial charge in [-0.05, 0) is 29.2 Å². The Balaban J connectivity index is 1.52. The summed E-state index contributed by atoms with van der Waals surface area (Å²) >= 11 is 0. The first-order valence-corrected chi connectivity index (χ1v) is 11.9. The fraction of sp³-hybridized carbons (Fsp3) is 0.226. The second-order valence-corrected chi connectivity index (χ2v) is 8.87. The van der Waals surface area contributed by atoms with Crippen LogP contribution in [0.25, 0.3) is 0 Å². The zero-order chi connectivity index (χ0) is 22.7. The van der Waals surface area contributed by atoms with Gasteiger partial charge in [-0.2, -0.15) is 0 Å². The van der Waals surface area contributed by atoms with Crippen LogP contribution in [0.5, 0.6) is 0 Å². The molecule has 0 amide bonds. The van der Waals surface area contributed by atoms with Crippen molar-refractivity contribution < 1.29 is 0 Å². The Bertz CT molecular complexity index is 966. The maximum absolute atomic E-state index is 2.60. The van der Waals surface area contributed by atoms with E-state index >= 15 is 0 Å². The third kappa shape index (κ3) is 7.42. The summed E-state index contributed by atoms with van der Waals surface area (Å²) in [7, 11) is 0. The largest absolute Gasteiger partial charge is 0.293 e. The van der Waals surface area contributed by atoms with Crippen LogP contribution in [0.4, 0.5) is 0 Å². The van der Waals surface area contributed by atoms with Gasteiger partial charge in [0.2, 0.25) is 0 Å². The van der Waals surface area contributed by atoms with E-state index in [1.165, 1.54) is 22.3 Å². The molecule has 4 aromatic rings. The molecule has 0 aromatic heterocycles. The van der Waals surface area contributed by atoms with Crippen molar-refractivity contribution in [3.8, 4) is 0 Å². The van der Waals surface area contributed by atoms with Crippen molar-refractivity contribution in [1.29, 1.82) is 0 Å². The molecule has 0 saturated carbocycles. The highest BCUT2D eigenvalue weighted by Gasteiger charge is 2.19. The van der Waals surface area contributed by atoms with Crippen LogP contribution >= 0.6 is 0 Å². The van der Waals surface area contributed by atoms with E-state index in [9.17, 15) is 0 Å². The summed E-state index contributed by atoms with van der Waals surface area (Å²) in [4.78, 5) is 5.19. The van der Waals surface area contributed by atoms with Crippen LogP contribution in [0, 0.1) is 0 Å². The van der Waals surface area contributed by atoms with Gasteiger partial charge in [-0.25, -0.2) is 0 Å². The van der Waals surface area contributed by atoms with Gasteiger partial charge in [0.1, 0.15) is 0 Å². The van der Waals surface area contributed by atoms with Crippen LogP contribution in [-0.4, -0.2) is 22.4 Å². The van der Waals surface area contributed by atoms with Crippen molar-refractivity contribution in [2.75, 3.05) is 6.54 Å². The average Bonchev–Trinajstić information content (AvgIpc) is 2.86. The van der Waals surface area contributed by atoms with Gasteiger partial charge in [0.25, 0.3) is 0 Å². The highest BCUT2D eigenvalue weighted by molar-refractivity contribution is 5.19. The average molecular weight is 435 g/mol. The van der Waals surface area contributed by atoms with E-state index in [1.54, 1.807) is 0 Å². The van der Waals surface area contributed by atoms with Gasteiger partial charge in [0.15, 0.2) is 0 Å². The van der Waals surface area contributed by atoms with E-state index < -0.39 is 0 Å². The quantitative estimate of drug-likeness (QED) is 0.257. The topological polar surface area (TPSA) is 6.48 Å². The molecule has 0 saturated heterocycles. The van der Waals surface area contributed by atoms with Gasteiger partial charge >= 0.3 is 0 Å². The molecular weight excluding hydrogens is 400 g/mol. The van der Waals surface area contributed by atoms with Crippen molar-refractivity contribution >= 4 is 0 Å². The molecule has 4 rings (SSSR count). The van der Waals surface area contributed by atoms with Gasteiger partial charge in [-0.3, -0.25) is 9.80 Å². The highest BCUT2D eigenvalue weighted by Crippen LogP contribution is 2.17. The SMILES string of the molecule is CC(CN(Cc1ccccc1)Cc1ccccc1)N(Cc1ccccc1)Cc1ccccc1. The molecule has 1 unspecified atom stereocenters. The van der Waals surface area contributed by atoms with E-state index in [2.05, 4.69) is 138 Å². The van der Waals surface area contributed by atoms with Crippen LogP contribution in [0.1, 0.15) is 29.2 Å². The normalized spacial score (nSPS) is 12.2. The Hall–Kier alpha value is -3.20. The van der Waals surface area contributed by atoms with Gasteiger partial charge in [0, 0.05) is 38.8 Å². The second-order valence-electron chi connectivity index (χ2n) is 8.87. The minimum atomic E-state index is 0.401. The van der Waals surface area contributed by atoms with Crippen LogP contribution in [0.3, 0.4) is 0 Å². The maximum Gasteiger partial charge on any atom is 0.0240 e. The summed E-state index contributed by atoms with van der Waals surface area (Å²) in [6.45, 7) is 7.16. The van der Waals surface area contributed by atoms with E-state index in [-0.39, 0.29) is 0 Å². The van der Waals surface area contributed by atoms with Crippen molar-refractivity contribution in [2.24, 2.45) is 0 Å². The summed E-state index contributed by atoms with van der Waals surface area (Å²) in [6, 6.07) is 43.7. The van der Waals surface area contributed by atoms with Gasteiger partial charge in [0.05, 0.1) is 0 Å². The molecule has 0 radical (unpaired) electrons. The molecule has 33 heavy (non-hydrogen) atoms. The summed E-state index contributed by atoms with van der Waals surface area (Å²) in [6.07, 6.45) is 0. The molecule has 0 aliphatic rings. The van der Waals surface area contributed by atoms with Gasteiger partial charge < -0.3 is 0 Å². The lowest BCUT2D eigenvalue weighted by Gasteiger charge is -2.34. The smallest absolute Gasteiger partial charge is 0.0240 e. The zero-order valence-corrected chi connectivity index (χ0v) is 19.6. The standard InChI is InChI=1S/C31H34N2/c1-27(33(25-30-18-10-4-11-19-30)26-31-20-12-5-13-21-31)22-32(23-28-14-6-2-7-15-28)24-29-16-8-3-9-17-29/h2-21,27H,22-26H2,1H3. The maximum atomic E-state index is 2.60. The monoisotopic (exact) mass is 434 g/mol. The molecule has 168 valence electrons. The molecule has 0 spiro atoms. The summed E-state index contributed by atoms with van der Waals surface area (Å²) in [5.74, 6) is 0. The second kappa shape index (κ2) is 12.2. The molecular formula is C31H34N2. The van der Waals surface area contributed by atoms with E-state index in [1.807, 2.05) is 0 Å².